The molecule has 0 aliphatic carbocycles. The van der Waals surface area contributed by atoms with Gasteiger partial charge < -0.3 is 15.4 Å². The maximum atomic E-state index is 13.4. The molecule has 0 fully saturated rings. The minimum absolute atomic E-state index is 0.161. The number of nitrogens with one attached hydrogen (secondary N) is 2. The van der Waals surface area contributed by atoms with Gasteiger partial charge in [0.05, 0.1) is 12.0 Å². The smallest absolute Gasteiger partial charge is 0.335 e. The average Bonchev–Trinajstić information content (AvgIpc) is 2.98. The highest BCUT2D eigenvalue weighted by Gasteiger charge is 2.09. The molecule has 0 spiro atoms. The molecule has 0 unspecified atom stereocenters. The van der Waals surface area contributed by atoms with Crippen LogP contribution >= 0.6 is 0 Å². The molecule has 0 bridgehead atoms. The van der Waals surface area contributed by atoms with Gasteiger partial charge in [-0.1, -0.05) is 12.1 Å². The topological polar surface area (TPSA) is 82.2 Å². The summed E-state index contributed by atoms with van der Waals surface area (Å²) in [6.45, 7) is 0. The Labute approximate surface area is 153 Å². The maximum Gasteiger partial charge on any atom is 0.335 e. The van der Waals surface area contributed by atoms with Gasteiger partial charge in [-0.2, -0.15) is 0 Å². The number of H-pyrrole nitrogens is 1. The number of hydrogen-bond acceptors (Lipinski definition) is 2. The number of amides is 1. The van der Waals surface area contributed by atoms with Crippen molar-refractivity contribution in [2.45, 2.75) is 6.42 Å². The van der Waals surface area contributed by atoms with Gasteiger partial charge in [0, 0.05) is 27.5 Å². The van der Waals surface area contributed by atoms with Crippen LogP contribution in [0, 0.1) is 5.82 Å². The van der Waals surface area contributed by atoms with E-state index in [1.165, 1.54) is 24.3 Å². The predicted octanol–water partition coefficient (Wildman–Crippen LogP) is 4.34. The molecule has 4 rings (SSSR count). The Bertz CT molecular complexity index is 1180. The Morgan fingerprint density at radius 1 is 0.926 bits per heavy atom. The molecule has 4 aromatic rings. The second-order valence-electron chi connectivity index (χ2n) is 6.30. The molecule has 0 aliphatic heterocycles. The SMILES string of the molecule is O=C(Cc1ccc2c(c1)[nH]c1cc(F)ccc12)Nc1ccc(C(=O)O)cc1. The zero-order valence-electron chi connectivity index (χ0n) is 14.1. The molecule has 27 heavy (non-hydrogen) atoms. The van der Waals surface area contributed by atoms with Gasteiger partial charge in [-0.25, -0.2) is 9.18 Å². The number of hydrogen-bond donors (Lipinski definition) is 3. The van der Waals surface area contributed by atoms with Crippen molar-refractivity contribution in [1.82, 2.24) is 4.98 Å². The highest BCUT2D eigenvalue weighted by Crippen LogP contribution is 2.27. The Morgan fingerprint density at radius 3 is 2.30 bits per heavy atom. The van der Waals surface area contributed by atoms with Crippen molar-refractivity contribution in [3.8, 4) is 0 Å². The van der Waals surface area contributed by atoms with E-state index in [9.17, 15) is 14.0 Å². The van der Waals surface area contributed by atoms with E-state index < -0.39 is 5.97 Å². The monoisotopic (exact) mass is 362 g/mol. The highest BCUT2D eigenvalue weighted by atomic mass is 19.1. The molecule has 1 amide bonds. The number of aromatic nitrogens is 1. The fourth-order valence-corrected chi connectivity index (χ4v) is 3.13. The molecule has 0 saturated heterocycles. The number of carbonyl (C=O) groups excluding carboxylic acids is 1. The van der Waals surface area contributed by atoms with Crippen molar-refractivity contribution in [2.75, 3.05) is 5.32 Å². The number of carboxylic acid groups (broad SMARTS) is 1. The first-order valence-corrected chi connectivity index (χ1v) is 8.33. The van der Waals surface area contributed by atoms with Crippen LogP contribution in [0.3, 0.4) is 0 Å². The van der Waals surface area contributed by atoms with E-state index in [4.69, 9.17) is 5.11 Å². The summed E-state index contributed by atoms with van der Waals surface area (Å²) < 4.78 is 13.4. The van der Waals surface area contributed by atoms with Crippen LogP contribution in [0.5, 0.6) is 0 Å². The van der Waals surface area contributed by atoms with Crippen LogP contribution in [0.4, 0.5) is 10.1 Å². The minimum atomic E-state index is -1.01. The summed E-state index contributed by atoms with van der Waals surface area (Å²) in [5, 5.41) is 13.5. The predicted molar refractivity (Wildman–Crippen MR) is 101 cm³/mol. The normalized spacial score (nSPS) is 11.0. The lowest BCUT2D eigenvalue weighted by atomic mass is 10.1. The zero-order chi connectivity index (χ0) is 19.0. The molecule has 3 N–H and O–H groups in total. The molecular formula is C21H15FN2O3. The van der Waals surface area contributed by atoms with Crippen molar-refractivity contribution in [3.05, 3.63) is 77.6 Å². The molecule has 0 atom stereocenters. The van der Waals surface area contributed by atoms with Gasteiger partial charge in [0.25, 0.3) is 0 Å². The molecule has 1 aromatic heterocycles. The van der Waals surface area contributed by atoms with Crippen molar-refractivity contribution < 1.29 is 19.1 Å². The van der Waals surface area contributed by atoms with Gasteiger partial charge >= 0.3 is 5.97 Å². The standard InChI is InChI=1S/C21H15FN2O3/c22-14-4-8-17-16-7-1-12(9-18(16)24-19(17)11-14)10-20(25)23-15-5-2-13(3-6-15)21(26)27/h1-9,11,24H,10H2,(H,23,25)(H,26,27). The number of fused-ring (bicyclic) bond motifs is 3. The van der Waals surface area contributed by atoms with Crippen LogP contribution in [0.1, 0.15) is 15.9 Å². The highest BCUT2D eigenvalue weighted by molar-refractivity contribution is 6.07. The average molecular weight is 362 g/mol. The second kappa shape index (κ2) is 6.57. The summed E-state index contributed by atoms with van der Waals surface area (Å²) in [6, 6.07) is 16.2. The van der Waals surface area contributed by atoms with Crippen molar-refractivity contribution in [1.29, 1.82) is 0 Å². The lowest BCUT2D eigenvalue weighted by Crippen LogP contribution is -2.14. The van der Waals surface area contributed by atoms with Crippen molar-refractivity contribution >= 4 is 39.4 Å². The number of carboxylic acids is 1. The van der Waals surface area contributed by atoms with Crippen molar-refractivity contribution in [2.24, 2.45) is 0 Å². The summed E-state index contributed by atoms with van der Waals surface area (Å²) in [5.41, 5.74) is 3.06. The Kier molecular flexibility index (Phi) is 4.08. The fourth-order valence-electron chi connectivity index (χ4n) is 3.13. The lowest BCUT2D eigenvalue weighted by molar-refractivity contribution is -0.115. The molecule has 3 aromatic carbocycles. The summed E-state index contributed by atoms with van der Waals surface area (Å²) >= 11 is 0. The number of anilines is 1. The zero-order valence-corrected chi connectivity index (χ0v) is 14.1. The summed E-state index contributed by atoms with van der Waals surface area (Å²) in [7, 11) is 0. The Balaban J connectivity index is 1.53. The van der Waals surface area contributed by atoms with Gasteiger partial charge in [0.15, 0.2) is 0 Å². The largest absolute Gasteiger partial charge is 0.478 e. The van der Waals surface area contributed by atoms with Crippen LogP contribution in [-0.4, -0.2) is 22.0 Å². The van der Waals surface area contributed by atoms with E-state index in [-0.39, 0.29) is 23.7 Å². The third kappa shape index (κ3) is 3.37. The van der Waals surface area contributed by atoms with E-state index in [2.05, 4.69) is 10.3 Å². The third-order valence-electron chi connectivity index (χ3n) is 4.41. The summed E-state index contributed by atoms with van der Waals surface area (Å²) in [4.78, 5) is 26.3. The van der Waals surface area contributed by atoms with Crippen LogP contribution in [0.2, 0.25) is 0 Å². The summed E-state index contributed by atoms with van der Waals surface area (Å²) in [5.74, 6) is -1.53. The van der Waals surface area contributed by atoms with Crippen molar-refractivity contribution in [3.63, 3.8) is 0 Å². The van der Waals surface area contributed by atoms with Gasteiger partial charge in [-0.3, -0.25) is 4.79 Å². The van der Waals surface area contributed by atoms with E-state index in [1.54, 1.807) is 18.2 Å². The van der Waals surface area contributed by atoms with Crippen LogP contribution < -0.4 is 5.32 Å². The number of halogens is 1. The minimum Gasteiger partial charge on any atom is -0.478 e. The third-order valence-corrected chi connectivity index (χ3v) is 4.41. The van der Waals surface area contributed by atoms with Gasteiger partial charge in [0.2, 0.25) is 5.91 Å². The molecular weight excluding hydrogens is 347 g/mol. The first-order chi connectivity index (χ1) is 13.0. The fraction of sp³-hybridized carbons (Fsp3) is 0.0476. The maximum absolute atomic E-state index is 13.4. The first-order valence-electron chi connectivity index (χ1n) is 8.33. The molecule has 0 aliphatic rings. The first kappa shape index (κ1) is 16.8. The Morgan fingerprint density at radius 2 is 1.59 bits per heavy atom. The lowest BCUT2D eigenvalue weighted by Gasteiger charge is -2.06. The van der Waals surface area contributed by atoms with E-state index >= 15 is 0 Å². The van der Waals surface area contributed by atoms with Gasteiger partial charge in [-0.05, 0) is 54.1 Å². The van der Waals surface area contributed by atoms with Crippen LogP contribution in [0.15, 0.2) is 60.7 Å². The van der Waals surface area contributed by atoms with E-state index in [0.29, 0.717) is 11.2 Å². The molecule has 6 heteroatoms. The molecule has 1 heterocycles. The molecule has 5 nitrogen and oxygen atoms in total. The van der Waals surface area contributed by atoms with Crippen LogP contribution in [0.25, 0.3) is 21.8 Å². The van der Waals surface area contributed by atoms with Crippen LogP contribution in [-0.2, 0) is 11.2 Å². The number of carbonyl (C=O) groups is 2. The number of benzene rings is 3. The Hall–Kier alpha value is -3.67. The number of aromatic amines is 1. The van der Waals surface area contributed by atoms with Gasteiger partial charge in [-0.15, -0.1) is 0 Å². The number of rotatable bonds is 4. The van der Waals surface area contributed by atoms with E-state index in [1.807, 2.05) is 18.2 Å². The second-order valence-corrected chi connectivity index (χ2v) is 6.30. The number of aromatic carboxylic acids is 1. The molecule has 134 valence electrons. The molecule has 0 saturated carbocycles. The quantitative estimate of drug-likeness (QED) is 0.505. The molecule has 0 radical (unpaired) electrons. The summed E-state index contributed by atoms with van der Waals surface area (Å²) in [6.07, 6.45) is 0.167. The van der Waals surface area contributed by atoms with E-state index in [0.717, 1.165) is 21.9 Å². The van der Waals surface area contributed by atoms with Gasteiger partial charge in [0.1, 0.15) is 5.82 Å².